The summed E-state index contributed by atoms with van der Waals surface area (Å²) in [5, 5.41) is 2.63. The number of Topliss-reactive ketones (excluding diaryl/α,β-unsaturated/α-hetero) is 1. The number of anilines is 2. The van der Waals surface area contributed by atoms with Gasteiger partial charge >= 0.3 is 0 Å². The Morgan fingerprint density at radius 3 is 2.56 bits per heavy atom. The van der Waals surface area contributed by atoms with Crippen LogP contribution in [0.25, 0.3) is 11.1 Å². The lowest BCUT2D eigenvalue weighted by Gasteiger charge is -2.24. The van der Waals surface area contributed by atoms with Gasteiger partial charge in [-0.1, -0.05) is 6.07 Å². The zero-order valence-corrected chi connectivity index (χ0v) is 17.2. The van der Waals surface area contributed by atoms with Crippen molar-refractivity contribution in [3.8, 4) is 11.1 Å². The molecular weight excluding hydrogens is 418 g/mol. The summed E-state index contributed by atoms with van der Waals surface area (Å²) in [6, 6.07) is 10.3. The molecule has 1 aromatic carbocycles. The minimum Gasteiger partial charge on any atom is -0.325 e. The normalized spacial score (nSPS) is 14.9. The van der Waals surface area contributed by atoms with Crippen LogP contribution in [-0.4, -0.2) is 34.1 Å². The van der Waals surface area contributed by atoms with Gasteiger partial charge in [-0.05, 0) is 44.2 Å². The number of ketones is 1. The quantitative estimate of drug-likeness (QED) is 0.497. The van der Waals surface area contributed by atoms with Crippen molar-refractivity contribution in [2.75, 3.05) is 16.8 Å². The summed E-state index contributed by atoms with van der Waals surface area (Å²) in [5.41, 5.74) is 1.33. The molecule has 9 heteroatoms. The van der Waals surface area contributed by atoms with Crippen molar-refractivity contribution < 1.29 is 23.2 Å². The van der Waals surface area contributed by atoms with Gasteiger partial charge in [0.05, 0.1) is 22.9 Å². The van der Waals surface area contributed by atoms with Crippen LogP contribution in [0.1, 0.15) is 35.8 Å². The SMILES string of the molecule is CC(=O)c1ccc(NC(=O)CN2C(=O)[C@H](C)c3ncccc3-c3c2cc(F)nc3F)cc1. The number of halogens is 2. The van der Waals surface area contributed by atoms with Gasteiger partial charge in [-0.2, -0.15) is 13.8 Å². The van der Waals surface area contributed by atoms with Crippen LogP contribution < -0.4 is 10.2 Å². The number of benzene rings is 1. The van der Waals surface area contributed by atoms with Gasteiger partial charge < -0.3 is 10.2 Å². The number of fused-ring (bicyclic) bond motifs is 3. The Morgan fingerprint density at radius 2 is 1.88 bits per heavy atom. The topological polar surface area (TPSA) is 92.3 Å². The summed E-state index contributed by atoms with van der Waals surface area (Å²) >= 11 is 0. The summed E-state index contributed by atoms with van der Waals surface area (Å²) < 4.78 is 28.8. The van der Waals surface area contributed by atoms with Crippen LogP contribution in [0.3, 0.4) is 0 Å². The maximum Gasteiger partial charge on any atom is 0.244 e. The van der Waals surface area contributed by atoms with Crippen LogP contribution in [0.15, 0.2) is 48.7 Å². The first-order chi connectivity index (χ1) is 15.3. The molecule has 2 aromatic heterocycles. The number of nitrogens with one attached hydrogen (secondary N) is 1. The van der Waals surface area contributed by atoms with Gasteiger partial charge in [-0.3, -0.25) is 19.4 Å². The molecule has 3 aromatic rings. The number of nitrogens with zero attached hydrogens (tertiary/aromatic N) is 3. The predicted molar refractivity (Wildman–Crippen MR) is 113 cm³/mol. The lowest BCUT2D eigenvalue weighted by Crippen LogP contribution is -2.40. The molecule has 1 aliphatic rings. The van der Waals surface area contributed by atoms with E-state index in [2.05, 4.69) is 15.3 Å². The third kappa shape index (κ3) is 3.84. The van der Waals surface area contributed by atoms with E-state index in [-0.39, 0.29) is 17.0 Å². The van der Waals surface area contributed by atoms with Gasteiger partial charge in [0.15, 0.2) is 5.78 Å². The monoisotopic (exact) mass is 436 g/mol. The van der Waals surface area contributed by atoms with Crippen molar-refractivity contribution in [3.63, 3.8) is 0 Å². The molecule has 4 rings (SSSR count). The highest BCUT2D eigenvalue weighted by Gasteiger charge is 2.35. The Kier molecular flexibility index (Phi) is 5.48. The fraction of sp³-hybridized carbons (Fsp3) is 0.174. The summed E-state index contributed by atoms with van der Waals surface area (Å²) in [6.07, 6.45) is 1.48. The highest BCUT2D eigenvalue weighted by Crippen LogP contribution is 2.41. The molecular formula is C23H18F2N4O3. The number of rotatable bonds is 4. The first kappa shape index (κ1) is 21.2. The van der Waals surface area contributed by atoms with E-state index in [1.807, 2.05) is 0 Å². The zero-order valence-electron chi connectivity index (χ0n) is 17.2. The standard InChI is InChI=1S/C23H18F2N4O3/c1-12-21-16(4-3-9-26-21)20-17(10-18(24)28-22(20)25)29(23(12)32)11-19(31)27-15-7-5-14(6-8-15)13(2)30/h3-10,12H,11H2,1-2H3,(H,27,31)/t12-/m1/s1. The van der Waals surface area contributed by atoms with Gasteiger partial charge in [-0.25, -0.2) is 0 Å². The molecule has 0 aliphatic carbocycles. The van der Waals surface area contributed by atoms with Gasteiger partial charge in [0, 0.05) is 29.1 Å². The molecule has 7 nitrogen and oxygen atoms in total. The van der Waals surface area contributed by atoms with Crippen molar-refractivity contribution in [2.24, 2.45) is 0 Å². The van der Waals surface area contributed by atoms with Crippen LogP contribution in [0.5, 0.6) is 0 Å². The summed E-state index contributed by atoms with van der Waals surface area (Å²) in [6.45, 7) is 2.53. The number of hydrogen-bond acceptors (Lipinski definition) is 5. The van der Waals surface area contributed by atoms with Crippen molar-refractivity contribution in [3.05, 3.63) is 71.8 Å². The predicted octanol–water partition coefficient (Wildman–Crippen LogP) is 3.71. The minimum absolute atomic E-state index is 0.0918. The second-order valence-electron chi connectivity index (χ2n) is 7.39. The Morgan fingerprint density at radius 1 is 1.16 bits per heavy atom. The van der Waals surface area contributed by atoms with Gasteiger partial charge in [0.2, 0.25) is 23.7 Å². The fourth-order valence-corrected chi connectivity index (χ4v) is 3.67. The highest BCUT2D eigenvalue weighted by molar-refractivity contribution is 6.09. The molecule has 0 bridgehead atoms. The molecule has 0 saturated carbocycles. The summed E-state index contributed by atoms with van der Waals surface area (Å²) in [7, 11) is 0. The molecule has 1 N–H and O–H groups in total. The number of aromatic nitrogens is 2. The van der Waals surface area contributed by atoms with Crippen LogP contribution in [-0.2, 0) is 9.59 Å². The molecule has 2 amide bonds. The molecule has 1 aliphatic heterocycles. The smallest absolute Gasteiger partial charge is 0.244 e. The maximum atomic E-state index is 14.8. The molecule has 0 fully saturated rings. The zero-order chi connectivity index (χ0) is 23.0. The van der Waals surface area contributed by atoms with E-state index in [9.17, 15) is 23.2 Å². The first-order valence-electron chi connectivity index (χ1n) is 9.80. The van der Waals surface area contributed by atoms with Crippen molar-refractivity contribution in [1.82, 2.24) is 9.97 Å². The minimum atomic E-state index is -1.11. The molecule has 32 heavy (non-hydrogen) atoms. The summed E-state index contributed by atoms with van der Waals surface area (Å²) in [5.74, 6) is -4.24. The van der Waals surface area contributed by atoms with E-state index in [1.54, 1.807) is 43.3 Å². The third-order valence-corrected chi connectivity index (χ3v) is 5.25. The molecule has 0 unspecified atom stereocenters. The molecule has 162 valence electrons. The van der Waals surface area contributed by atoms with E-state index in [0.717, 1.165) is 11.0 Å². The molecule has 0 spiro atoms. The van der Waals surface area contributed by atoms with E-state index in [4.69, 9.17) is 0 Å². The number of carbonyl (C=O) groups excluding carboxylic acids is 3. The van der Waals surface area contributed by atoms with Crippen molar-refractivity contribution in [2.45, 2.75) is 19.8 Å². The summed E-state index contributed by atoms with van der Waals surface area (Å²) in [4.78, 5) is 45.8. The average Bonchev–Trinajstić information content (AvgIpc) is 2.84. The second-order valence-corrected chi connectivity index (χ2v) is 7.39. The Hall–Kier alpha value is -4.01. The van der Waals surface area contributed by atoms with E-state index in [0.29, 0.717) is 22.5 Å². The van der Waals surface area contributed by atoms with Gasteiger partial charge in [0.1, 0.15) is 6.54 Å². The molecule has 1 atom stereocenters. The lowest BCUT2D eigenvalue weighted by molar-refractivity contribution is -0.122. The van der Waals surface area contributed by atoms with Crippen LogP contribution in [0, 0.1) is 11.9 Å². The number of hydrogen-bond donors (Lipinski definition) is 1. The Bertz CT molecular complexity index is 1240. The van der Waals surface area contributed by atoms with Crippen molar-refractivity contribution >= 4 is 29.0 Å². The fourth-order valence-electron chi connectivity index (χ4n) is 3.67. The van der Waals surface area contributed by atoms with Crippen LogP contribution in [0.4, 0.5) is 20.2 Å². The first-order valence-corrected chi connectivity index (χ1v) is 9.80. The van der Waals surface area contributed by atoms with Gasteiger partial charge in [0.25, 0.3) is 0 Å². The average molecular weight is 436 g/mol. The lowest BCUT2D eigenvalue weighted by atomic mass is 9.98. The van der Waals surface area contributed by atoms with E-state index < -0.39 is 36.2 Å². The van der Waals surface area contributed by atoms with E-state index >= 15 is 0 Å². The number of carbonyl (C=O) groups is 3. The Labute approximate surface area is 182 Å². The molecule has 0 saturated heterocycles. The maximum absolute atomic E-state index is 14.8. The number of amides is 2. The van der Waals surface area contributed by atoms with E-state index in [1.165, 1.54) is 13.1 Å². The van der Waals surface area contributed by atoms with Crippen LogP contribution >= 0.6 is 0 Å². The molecule has 0 radical (unpaired) electrons. The molecule has 3 heterocycles. The van der Waals surface area contributed by atoms with Crippen molar-refractivity contribution in [1.29, 1.82) is 0 Å². The highest BCUT2D eigenvalue weighted by atomic mass is 19.1. The van der Waals surface area contributed by atoms with Crippen LogP contribution in [0.2, 0.25) is 0 Å². The largest absolute Gasteiger partial charge is 0.325 e. The third-order valence-electron chi connectivity index (χ3n) is 5.25. The van der Waals surface area contributed by atoms with Gasteiger partial charge in [-0.15, -0.1) is 0 Å². The second kappa shape index (κ2) is 8.26. The number of pyridine rings is 2. The Balaban J connectivity index is 1.70.